The molecule has 0 aromatic heterocycles. The van der Waals surface area contributed by atoms with Crippen molar-refractivity contribution < 1.29 is 18.7 Å². The summed E-state index contributed by atoms with van der Waals surface area (Å²) < 4.78 is 23.4. The molecule has 2 rings (SSSR count). The average Bonchev–Trinajstić information content (AvgIpc) is 2.55. The fourth-order valence-electron chi connectivity index (χ4n) is 2.04. The second-order valence-electron chi connectivity index (χ2n) is 4.80. The van der Waals surface area contributed by atoms with Gasteiger partial charge in [-0.25, -0.2) is 4.39 Å². The van der Waals surface area contributed by atoms with E-state index in [1.165, 1.54) is 12.1 Å². The van der Waals surface area contributed by atoms with E-state index in [4.69, 9.17) is 9.47 Å². The number of methoxy groups -OCH3 is 2. The summed E-state index contributed by atoms with van der Waals surface area (Å²) in [5.74, 6) is 0.741. The van der Waals surface area contributed by atoms with E-state index in [9.17, 15) is 9.18 Å². The molecule has 0 aliphatic heterocycles. The number of rotatable bonds is 7. The minimum Gasteiger partial charge on any atom is -0.497 e. The van der Waals surface area contributed by atoms with Crippen LogP contribution in [0.5, 0.6) is 11.5 Å². The number of nitrogens with one attached hydrogen (secondary N) is 2. The number of ether oxygens (including phenoxy) is 2. The van der Waals surface area contributed by atoms with Gasteiger partial charge in [0.2, 0.25) is 5.91 Å². The van der Waals surface area contributed by atoms with E-state index in [-0.39, 0.29) is 18.1 Å². The molecule has 0 atom stereocenters. The van der Waals surface area contributed by atoms with Crippen molar-refractivity contribution >= 4 is 17.3 Å². The SMILES string of the molecule is COc1ccc(NCCC(=O)Nc2cccc(F)c2)c(OC)c1. The Bertz CT molecular complexity index is 677. The summed E-state index contributed by atoms with van der Waals surface area (Å²) >= 11 is 0. The molecule has 2 N–H and O–H groups in total. The summed E-state index contributed by atoms with van der Waals surface area (Å²) in [6, 6.07) is 11.2. The minimum atomic E-state index is -0.385. The standard InChI is InChI=1S/C17H19FN2O3/c1-22-14-6-7-15(16(11-14)23-2)19-9-8-17(21)20-13-5-3-4-12(18)10-13/h3-7,10-11,19H,8-9H2,1-2H3,(H,20,21). The van der Waals surface area contributed by atoms with E-state index in [2.05, 4.69) is 10.6 Å². The lowest BCUT2D eigenvalue weighted by Crippen LogP contribution is -2.16. The zero-order chi connectivity index (χ0) is 16.7. The Labute approximate surface area is 134 Å². The molecule has 1 amide bonds. The smallest absolute Gasteiger partial charge is 0.226 e. The van der Waals surface area contributed by atoms with Gasteiger partial charge in [0.1, 0.15) is 17.3 Å². The van der Waals surface area contributed by atoms with Crippen LogP contribution in [0.1, 0.15) is 6.42 Å². The number of halogens is 1. The van der Waals surface area contributed by atoms with Crippen molar-refractivity contribution in [2.75, 3.05) is 31.4 Å². The van der Waals surface area contributed by atoms with Crippen molar-refractivity contribution in [3.63, 3.8) is 0 Å². The lowest BCUT2D eigenvalue weighted by atomic mass is 10.2. The van der Waals surface area contributed by atoms with Gasteiger partial charge >= 0.3 is 0 Å². The van der Waals surface area contributed by atoms with Crippen molar-refractivity contribution in [2.24, 2.45) is 0 Å². The third-order valence-corrected chi connectivity index (χ3v) is 3.18. The molecular formula is C17H19FN2O3. The number of anilines is 2. The highest BCUT2D eigenvalue weighted by Gasteiger charge is 2.07. The van der Waals surface area contributed by atoms with E-state index < -0.39 is 0 Å². The molecule has 6 heteroatoms. The van der Waals surface area contributed by atoms with Gasteiger partial charge in [0.15, 0.2) is 0 Å². The fraction of sp³-hybridized carbons (Fsp3) is 0.235. The highest BCUT2D eigenvalue weighted by Crippen LogP contribution is 2.28. The van der Waals surface area contributed by atoms with Crippen LogP contribution in [0.15, 0.2) is 42.5 Å². The Kier molecular flexibility index (Phi) is 5.80. The number of hydrogen-bond donors (Lipinski definition) is 2. The summed E-state index contributed by atoms with van der Waals surface area (Å²) in [6.07, 6.45) is 0.242. The molecular weight excluding hydrogens is 299 g/mol. The first-order chi connectivity index (χ1) is 11.1. The van der Waals surface area contributed by atoms with Crippen molar-refractivity contribution in [3.8, 4) is 11.5 Å². The Morgan fingerprint density at radius 3 is 2.65 bits per heavy atom. The Morgan fingerprint density at radius 2 is 1.96 bits per heavy atom. The number of carbonyl (C=O) groups excluding carboxylic acids is 1. The van der Waals surface area contributed by atoms with Gasteiger partial charge in [0, 0.05) is 24.7 Å². The zero-order valence-corrected chi connectivity index (χ0v) is 13.1. The van der Waals surface area contributed by atoms with Crippen molar-refractivity contribution in [3.05, 3.63) is 48.3 Å². The lowest BCUT2D eigenvalue weighted by Gasteiger charge is -2.12. The maximum atomic E-state index is 13.0. The van der Waals surface area contributed by atoms with Crippen LogP contribution in [-0.2, 0) is 4.79 Å². The predicted octanol–water partition coefficient (Wildman–Crippen LogP) is 3.28. The maximum Gasteiger partial charge on any atom is 0.226 e. The molecule has 2 aromatic rings. The summed E-state index contributed by atoms with van der Waals surface area (Å²) in [5, 5.41) is 5.77. The second kappa shape index (κ2) is 8.03. The Morgan fingerprint density at radius 1 is 1.13 bits per heavy atom. The molecule has 5 nitrogen and oxygen atoms in total. The predicted molar refractivity (Wildman–Crippen MR) is 87.7 cm³/mol. The van der Waals surface area contributed by atoms with Gasteiger partial charge in [-0.3, -0.25) is 4.79 Å². The van der Waals surface area contributed by atoms with Crippen molar-refractivity contribution in [1.29, 1.82) is 0 Å². The molecule has 122 valence electrons. The molecule has 0 spiro atoms. The summed E-state index contributed by atoms with van der Waals surface area (Å²) in [6.45, 7) is 0.420. The topological polar surface area (TPSA) is 59.6 Å². The minimum absolute atomic E-state index is 0.199. The van der Waals surface area contributed by atoms with Gasteiger partial charge in [-0.2, -0.15) is 0 Å². The quantitative estimate of drug-likeness (QED) is 0.822. The monoisotopic (exact) mass is 318 g/mol. The number of hydrogen-bond acceptors (Lipinski definition) is 4. The zero-order valence-electron chi connectivity index (χ0n) is 13.1. The number of benzene rings is 2. The van der Waals surface area contributed by atoms with Gasteiger partial charge in [-0.05, 0) is 30.3 Å². The maximum absolute atomic E-state index is 13.0. The Balaban J connectivity index is 1.86. The first-order valence-corrected chi connectivity index (χ1v) is 7.13. The molecule has 0 saturated heterocycles. The van der Waals surface area contributed by atoms with Gasteiger partial charge in [-0.15, -0.1) is 0 Å². The van der Waals surface area contributed by atoms with E-state index >= 15 is 0 Å². The molecule has 0 fully saturated rings. The number of amides is 1. The van der Waals surface area contributed by atoms with Crippen LogP contribution < -0.4 is 20.1 Å². The third kappa shape index (κ3) is 4.88. The summed E-state index contributed by atoms with van der Waals surface area (Å²) in [4.78, 5) is 11.8. The van der Waals surface area contributed by atoms with Gasteiger partial charge in [-0.1, -0.05) is 6.07 Å². The molecule has 0 saturated carbocycles. The second-order valence-corrected chi connectivity index (χ2v) is 4.80. The van der Waals surface area contributed by atoms with Crippen molar-refractivity contribution in [2.45, 2.75) is 6.42 Å². The largest absolute Gasteiger partial charge is 0.497 e. The molecule has 0 radical (unpaired) electrons. The van der Waals surface area contributed by atoms with Gasteiger partial charge in [0.05, 0.1) is 19.9 Å². The van der Waals surface area contributed by atoms with Gasteiger partial charge in [0.25, 0.3) is 0 Å². The van der Waals surface area contributed by atoms with Crippen LogP contribution in [0.4, 0.5) is 15.8 Å². The van der Waals surface area contributed by atoms with E-state index in [0.717, 1.165) is 5.69 Å². The van der Waals surface area contributed by atoms with E-state index in [0.29, 0.717) is 23.7 Å². The molecule has 0 bridgehead atoms. The van der Waals surface area contributed by atoms with Crippen LogP contribution in [0.2, 0.25) is 0 Å². The normalized spacial score (nSPS) is 10.0. The molecule has 0 aliphatic carbocycles. The van der Waals surface area contributed by atoms with Crippen LogP contribution >= 0.6 is 0 Å². The first-order valence-electron chi connectivity index (χ1n) is 7.13. The van der Waals surface area contributed by atoms with Crippen LogP contribution in [0.25, 0.3) is 0 Å². The number of carbonyl (C=O) groups is 1. The van der Waals surface area contributed by atoms with E-state index in [1.54, 1.807) is 38.5 Å². The van der Waals surface area contributed by atoms with Crippen LogP contribution in [0.3, 0.4) is 0 Å². The molecule has 0 aliphatic rings. The third-order valence-electron chi connectivity index (χ3n) is 3.18. The Hall–Kier alpha value is -2.76. The fourth-order valence-corrected chi connectivity index (χ4v) is 2.04. The van der Waals surface area contributed by atoms with Crippen molar-refractivity contribution in [1.82, 2.24) is 0 Å². The highest BCUT2D eigenvalue weighted by molar-refractivity contribution is 5.91. The lowest BCUT2D eigenvalue weighted by molar-refractivity contribution is -0.115. The molecule has 2 aromatic carbocycles. The van der Waals surface area contributed by atoms with E-state index in [1.807, 2.05) is 6.07 Å². The van der Waals surface area contributed by atoms with Crippen LogP contribution in [-0.4, -0.2) is 26.7 Å². The molecule has 0 heterocycles. The first kappa shape index (κ1) is 16.6. The average molecular weight is 318 g/mol. The highest BCUT2D eigenvalue weighted by atomic mass is 19.1. The van der Waals surface area contributed by atoms with Gasteiger partial charge < -0.3 is 20.1 Å². The molecule has 23 heavy (non-hydrogen) atoms. The molecule has 0 unspecified atom stereocenters. The van der Waals surface area contributed by atoms with Crippen LogP contribution in [0, 0.1) is 5.82 Å². The summed E-state index contributed by atoms with van der Waals surface area (Å²) in [5.41, 5.74) is 1.21. The summed E-state index contributed by atoms with van der Waals surface area (Å²) in [7, 11) is 3.15.